The molecule has 0 spiro atoms. The van der Waals surface area contributed by atoms with Crippen molar-refractivity contribution < 1.29 is 9.15 Å². The zero-order chi connectivity index (χ0) is 13.8. The average molecular weight is 273 g/mol. The topological polar surface area (TPSA) is 60.2 Å². The molecular weight excluding hydrogens is 254 g/mol. The van der Waals surface area contributed by atoms with Gasteiger partial charge in [0.1, 0.15) is 0 Å². The van der Waals surface area contributed by atoms with Gasteiger partial charge in [0.25, 0.3) is 0 Å². The van der Waals surface area contributed by atoms with Gasteiger partial charge in [0.05, 0.1) is 12.6 Å². The summed E-state index contributed by atoms with van der Waals surface area (Å²) in [5.74, 6) is 1.20. The first-order valence-corrected chi connectivity index (χ1v) is 7.08. The van der Waals surface area contributed by atoms with E-state index in [2.05, 4.69) is 15.5 Å². The molecule has 0 saturated heterocycles. The summed E-state index contributed by atoms with van der Waals surface area (Å²) in [6.07, 6.45) is 2.54. The predicted molar refractivity (Wildman–Crippen MR) is 75.0 cm³/mol. The quantitative estimate of drug-likeness (QED) is 0.875. The normalized spacial score (nSPS) is 21.6. The van der Waals surface area contributed by atoms with Gasteiger partial charge in [-0.05, 0) is 31.9 Å². The molecule has 5 heteroatoms. The Balaban J connectivity index is 1.49. The van der Waals surface area contributed by atoms with Crippen LogP contribution in [0.2, 0.25) is 0 Å². The molecule has 1 N–H and O–H groups in total. The number of hydrogen-bond donors (Lipinski definition) is 1. The third-order valence-corrected chi connectivity index (χ3v) is 3.53. The molecule has 0 amide bonds. The maximum atomic E-state index is 5.65. The third kappa shape index (κ3) is 3.05. The first-order chi connectivity index (χ1) is 9.85. The summed E-state index contributed by atoms with van der Waals surface area (Å²) >= 11 is 0. The van der Waals surface area contributed by atoms with Crippen molar-refractivity contribution >= 4 is 0 Å². The Bertz CT molecular complexity index is 535. The minimum Gasteiger partial charge on any atom is -0.419 e. The minimum atomic E-state index is 0.417. The summed E-state index contributed by atoms with van der Waals surface area (Å²) in [6, 6.07) is 10.3. The fraction of sp³-hybridized carbons (Fsp3) is 0.467. The monoisotopic (exact) mass is 273 g/mol. The zero-order valence-corrected chi connectivity index (χ0v) is 11.6. The van der Waals surface area contributed by atoms with Crippen LogP contribution in [0.1, 0.15) is 25.7 Å². The van der Waals surface area contributed by atoms with Gasteiger partial charge in [-0.25, -0.2) is 0 Å². The Kier molecular flexibility index (Phi) is 4.08. The lowest BCUT2D eigenvalue weighted by molar-refractivity contribution is -0.0106. The number of nitrogens with one attached hydrogen (secondary N) is 1. The summed E-state index contributed by atoms with van der Waals surface area (Å²) in [4.78, 5) is 0. The van der Waals surface area contributed by atoms with E-state index < -0.39 is 0 Å². The second-order valence-electron chi connectivity index (χ2n) is 4.99. The van der Waals surface area contributed by atoms with E-state index >= 15 is 0 Å². The molecule has 1 aromatic carbocycles. The van der Waals surface area contributed by atoms with Crippen LogP contribution in [0.5, 0.6) is 0 Å². The second kappa shape index (κ2) is 6.15. The summed E-state index contributed by atoms with van der Waals surface area (Å²) < 4.78 is 11.2. The van der Waals surface area contributed by atoms with Crippen molar-refractivity contribution in [2.45, 2.75) is 38.5 Å². The number of rotatable bonds is 6. The van der Waals surface area contributed by atoms with E-state index in [0.29, 0.717) is 30.5 Å². The zero-order valence-electron chi connectivity index (χ0n) is 11.6. The van der Waals surface area contributed by atoms with Crippen LogP contribution < -0.4 is 5.32 Å². The number of ether oxygens (including phenoxy) is 1. The van der Waals surface area contributed by atoms with E-state index in [-0.39, 0.29) is 0 Å². The number of hydrogen-bond acceptors (Lipinski definition) is 5. The van der Waals surface area contributed by atoms with E-state index in [0.717, 1.165) is 25.0 Å². The van der Waals surface area contributed by atoms with Gasteiger partial charge in [-0.3, -0.25) is 0 Å². The summed E-state index contributed by atoms with van der Waals surface area (Å²) in [7, 11) is 0. The van der Waals surface area contributed by atoms with Crippen LogP contribution in [0.25, 0.3) is 11.5 Å². The lowest BCUT2D eigenvalue weighted by atomic mass is 9.89. The van der Waals surface area contributed by atoms with E-state index in [9.17, 15) is 0 Å². The van der Waals surface area contributed by atoms with Crippen LogP contribution in [0.3, 0.4) is 0 Å². The van der Waals surface area contributed by atoms with Crippen molar-refractivity contribution in [3.05, 3.63) is 36.2 Å². The first-order valence-electron chi connectivity index (χ1n) is 7.08. The van der Waals surface area contributed by atoms with Crippen molar-refractivity contribution in [2.75, 3.05) is 6.61 Å². The van der Waals surface area contributed by atoms with Gasteiger partial charge in [0.15, 0.2) is 0 Å². The molecule has 20 heavy (non-hydrogen) atoms. The van der Waals surface area contributed by atoms with Gasteiger partial charge < -0.3 is 14.5 Å². The minimum absolute atomic E-state index is 0.417. The van der Waals surface area contributed by atoms with Crippen LogP contribution in [0.15, 0.2) is 34.7 Å². The Labute approximate surface area is 118 Å². The van der Waals surface area contributed by atoms with Crippen molar-refractivity contribution in [1.29, 1.82) is 0 Å². The Hall–Kier alpha value is -1.72. The molecule has 0 unspecified atom stereocenters. The maximum absolute atomic E-state index is 5.65. The molecule has 0 aliphatic heterocycles. The van der Waals surface area contributed by atoms with Gasteiger partial charge in [-0.2, -0.15) is 0 Å². The van der Waals surface area contributed by atoms with Gasteiger partial charge in [-0.15, -0.1) is 10.2 Å². The van der Waals surface area contributed by atoms with Crippen molar-refractivity contribution in [3.63, 3.8) is 0 Å². The molecule has 3 rings (SSSR count). The first kappa shape index (κ1) is 13.3. The predicted octanol–water partition coefficient (Wildman–Crippen LogP) is 2.39. The maximum Gasteiger partial charge on any atom is 0.247 e. The Morgan fingerprint density at radius 2 is 2.05 bits per heavy atom. The highest BCUT2D eigenvalue weighted by molar-refractivity contribution is 5.51. The van der Waals surface area contributed by atoms with Crippen molar-refractivity contribution in [3.8, 4) is 11.5 Å². The summed E-state index contributed by atoms with van der Waals surface area (Å²) in [5, 5.41) is 11.6. The number of aromatic nitrogens is 2. The van der Waals surface area contributed by atoms with Gasteiger partial charge >= 0.3 is 0 Å². The Morgan fingerprint density at radius 3 is 2.80 bits per heavy atom. The molecule has 1 aliphatic rings. The highest BCUT2D eigenvalue weighted by atomic mass is 16.5. The number of nitrogens with zero attached hydrogens (tertiary/aromatic N) is 2. The smallest absolute Gasteiger partial charge is 0.247 e. The number of benzene rings is 1. The highest BCUT2D eigenvalue weighted by Crippen LogP contribution is 2.23. The molecule has 0 atom stereocenters. The van der Waals surface area contributed by atoms with Crippen LogP contribution in [-0.4, -0.2) is 29.0 Å². The standard InChI is InChI=1S/C15H19N3O2/c1-2-19-13-8-12(9-13)16-10-14-17-18-15(20-14)11-6-4-3-5-7-11/h3-7,12-13,16H,2,8-10H2,1H3. The molecule has 1 fully saturated rings. The fourth-order valence-electron chi connectivity index (χ4n) is 2.36. The second-order valence-corrected chi connectivity index (χ2v) is 4.99. The summed E-state index contributed by atoms with van der Waals surface area (Å²) in [5.41, 5.74) is 0.950. The molecular formula is C15H19N3O2. The SMILES string of the molecule is CCOC1CC(NCc2nnc(-c3ccccc3)o2)C1. The van der Waals surface area contributed by atoms with E-state index in [1.165, 1.54) is 0 Å². The van der Waals surface area contributed by atoms with Crippen LogP contribution in [-0.2, 0) is 11.3 Å². The molecule has 1 aliphatic carbocycles. The Morgan fingerprint density at radius 1 is 1.25 bits per heavy atom. The average Bonchev–Trinajstić information content (AvgIpc) is 2.91. The van der Waals surface area contributed by atoms with E-state index in [4.69, 9.17) is 9.15 Å². The largest absolute Gasteiger partial charge is 0.419 e. The van der Waals surface area contributed by atoms with Gasteiger partial charge in [-0.1, -0.05) is 18.2 Å². The van der Waals surface area contributed by atoms with Crippen molar-refractivity contribution in [1.82, 2.24) is 15.5 Å². The van der Waals surface area contributed by atoms with Crippen LogP contribution >= 0.6 is 0 Å². The van der Waals surface area contributed by atoms with E-state index in [1.807, 2.05) is 37.3 Å². The lowest BCUT2D eigenvalue weighted by Crippen LogP contribution is -2.45. The molecule has 5 nitrogen and oxygen atoms in total. The van der Waals surface area contributed by atoms with Crippen LogP contribution in [0.4, 0.5) is 0 Å². The lowest BCUT2D eigenvalue weighted by Gasteiger charge is -2.35. The molecule has 0 bridgehead atoms. The van der Waals surface area contributed by atoms with Crippen molar-refractivity contribution in [2.24, 2.45) is 0 Å². The third-order valence-electron chi connectivity index (χ3n) is 3.53. The molecule has 1 saturated carbocycles. The molecule has 0 radical (unpaired) electrons. The fourth-order valence-corrected chi connectivity index (χ4v) is 2.36. The van der Waals surface area contributed by atoms with Crippen LogP contribution in [0, 0.1) is 0 Å². The molecule has 2 aromatic rings. The molecule has 1 heterocycles. The molecule has 1 aromatic heterocycles. The highest BCUT2D eigenvalue weighted by Gasteiger charge is 2.29. The molecule has 106 valence electrons. The van der Waals surface area contributed by atoms with Gasteiger partial charge in [0, 0.05) is 18.2 Å². The van der Waals surface area contributed by atoms with Gasteiger partial charge in [0.2, 0.25) is 11.8 Å². The van der Waals surface area contributed by atoms with E-state index in [1.54, 1.807) is 0 Å². The summed E-state index contributed by atoms with van der Waals surface area (Å²) in [6.45, 7) is 3.44.